The SMILES string of the molecule is Clc1cc(Cl)cc(CN(C[C@H]2CCNC2)C2CCOC2)c1.O=C(O)C(O)C(O)C(=O)O. The summed E-state index contributed by atoms with van der Waals surface area (Å²) < 4.78 is 5.58. The number of carboxylic acids is 2. The second-order valence-electron chi connectivity index (χ2n) is 7.65. The van der Waals surface area contributed by atoms with E-state index in [1.165, 1.54) is 12.0 Å². The van der Waals surface area contributed by atoms with E-state index in [0.717, 1.165) is 51.7 Å². The van der Waals surface area contributed by atoms with Crippen LogP contribution in [0.4, 0.5) is 0 Å². The summed E-state index contributed by atoms with van der Waals surface area (Å²) in [6.45, 7) is 5.99. The van der Waals surface area contributed by atoms with Crippen molar-refractivity contribution in [3.05, 3.63) is 33.8 Å². The lowest BCUT2D eigenvalue weighted by atomic mass is 10.1. The predicted molar refractivity (Wildman–Crippen MR) is 114 cm³/mol. The van der Waals surface area contributed by atoms with Crippen molar-refractivity contribution in [2.24, 2.45) is 5.92 Å². The Morgan fingerprint density at radius 1 is 1.10 bits per heavy atom. The molecule has 0 aromatic heterocycles. The monoisotopic (exact) mass is 478 g/mol. The molecule has 0 aliphatic carbocycles. The molecule has 0 radical (unpaired) electrons. The largest absolute Gasteiger partial charge is 0.479 e. The van der Waals surface area contributed by atoms with Gasteiger partial charge in [0.15, 0.2) is 12.2 Å². The van der Waals surface area contributed by atoms with Gasteiger partial charge in [0.1, 0.15) is 0 Å². The molecule has 3 unspecified atom stereocenters. The van der Waals surface area contributed by atoms with Crippen LogP contribution in [-0.2, 0) is 20.9 Å². The number of hydrogen-bond donors (Lipinski definition) is 5. The molecule has 2 aliphatic heterocycles. The van der Waals surface area contributed by atoms with Gasteiger partial charge in [-0.1, -0.05) is 23.2 Å². The van der Waals surface area contributed by atoms with Crippen LogP contribution in [0.2, 0.25) is 10.0 Å². The predicted octanol–water partition coefficient (Wildman–Crippen LogP) is 1.07. The molecule has 9 nitrogen and oxygen atoms in total. The Morgan fingerprint density at radius 3 is 2.16 bits per heavy atom. The first-order chi connectivity index (χ1) is 14.7. The quantitative estimate of drug-likeness (QED) is 0.371. The third-order valence-electron chi connectivity index (χ3n) is 5.19. The van der Waals surface area contributed by atoms with E-state index in [1.54, 1.807) is 6.07 Å². The number of aliphatic hydroxyl groups excluding tert-OH is 2. The maximum atomic E-state index is 9.77. The Labute approximate surface area is 190 Å². The minimum absolute atomic E-state index is 0.517. The normalized spacial score (nSPS) is 22.6. The highest BCUT2D eigenvalue weighted by molar-refractivity contribution is 6.34. The molecule has 1 aromatic carbocycles. The molecule has 0 saturated carbocycles. The number of aliphatic carboxylic acids is 2. The average Bonchev–Trinajstić information content (AvgIpc) is 3.40. The summed E-state index contributed by atoms with van der Waals surface area (Å²) in [6, 6.07) is 6.34. The topological polar surface area (TPSA) is 140 Å². The molecule has 0 bridgehead atoms. The van der Waals surface area contributed by atoms with Crippen LogP contribution in [0.25, 0.3) is 0 Å². The van der Waals surface area contributed by atoms with Gasteiger partial charge >= 0.3 is 11.9 Å². The molecule has 5 N–H and O–H groups in total. The van der Waals surface area contributed by atoms with Crippen LogP contribution in [0.1, 0.15) is 18.4 Å². The standard InChI is InChI=1S/C16H22Cl2N2O.C4H6O6/c17-14-5-13(6-15(18)7-14)10-20(16-2-4-21-11-16)9-12-1-3-19-8-12;5-1(3(7)8)2(6)4(9)10/h5-7,12,16,19H,1-4,8-11H2;1-2,5-6H,(H,7,8)(H,9,10)/t12-,16?;/m0./s1. The highest BCUT2D eigenvalue weighted by Crippen LogP contribution is 2.24. The number of nitrogens with zero attached hydrogens (tertiary/aromatic N) is 1. The molecule has 4 atom stereocenters. The first-order valence-corrected chi connectivity index (χ1v) is 10.7. The van der Waals surface area contributed by atoms with E-state index in [4.69, 9.17) is 48.4 Å². The number of carboxylic acid groups (broad SMARTS) is 2. The maximum Gasteiger partial charge on any atom is 0.335 e. The lowest BCUT2D eigenvalue weighted by molar-refractivity contribution is -0.165. The van der Waals surface area contributed by atoms with Crippen molar-refractivity contribution in [1.82, 2.24) is 10.2 Å². The van der Waals surface area contributed by atoms with Crippen LogP contribution >= 0.6 is 23.2 Å². The first kappa shape index (κ1) is 25.8. The number of halogens is 2. The maximum absolute atomic E-state index is 9.77. The number of nitrogens with one attached hydrogen (secondary N) is 1. The molecule has 2 heterocycles. The highest BCUT2D eigenvalue weighted by atomic mass is 35.5. The van der Waals surface area contributed by atoms with E-state index in [-0.39, 0.29) is 0 Å². The number of hydrogen-bond acceptors (Lipinski definition) is 7. The molecule has 2 aliphatic rings. The summed E-state index contributed by atoms with van der Waals surface area (Å²) in [7, 11) is 0. The van der Waals surface area contributed by atoms with Crippen molar-refractivity contribution < 1.29 is 34.8 Å². The van der Waals surface area contributed by atoms with Crippen molar-refractivity contribution in [1.29, 1.82) is 0 Å². The molecule has 0 spiro atoms. The third-order valence-corrected chi connectivity index (χ3v) is 5.63. The van der Waals surface area contributed by atoms with Crippen LogP contribution < -0.4 is 5.32 Å². The highest BCUT2D eigenvalue weighted by Gasteiger charge is 2.29. The number of benzene rings is 1. The summed E-state index contributed by atoms with van der Waals surface area (Å²) in [4.78, 5) is 22.1. The average molecular weight is 479 g/mol. The molecule has 2 saturated heterocycles. The third kappa shape index (κ3) is 8.53. The van der Waals surface area contributed by atoms with Crippen molar-refractivity contribution in [3.63, 3.8) is 0 Å². The smallest absolute Gasteiger partial charge is 0.335 e. The molecule has 0 amide bonds. The van der Waals surface area contributed by atoms with Gasteiger partial charge in [0.25, 0.3) is 0 Å². The minimum Gasteiger partial charge on any atom is -0.479 e. The number of ether oxygens (including phenoxy) is 1. The van der Waals surface area contributed by atoms with E-state index >= 15 is 0 Å². The molecule has 31 heavy (non-hydrogen) atoms. The van der Waals surface area contributed by atoms with Gasteiger partial charge in [0.05, 0.1) is 6.61 Å². The lowest BCUT2D eigenvalue weighted by Gasteiger charge is -2.30. The Kier molecular flexibility index (Phi) is 10.4. The summed E-state index contributed by atoms with van der Waals surface area (Å²) in [6.07, 6.45) is -2.15. The van der Waals surface area contributed by atoms with E-state index < -0.39 is 24.1 Å². The fourth-order valence-electron chi connectivity index (χ4n) is 3.56. The molecule has 11 heteroatoms. The fraction of sp³-hybridized carbons (Fsp3) is 0.600. The zero-order chi connectivity index (χ0) is 23.0. The molecule has 2 fully saturated rings. The summed E-state index contributed by atoms with van der Waals surface area (Å²) in [5.41, 5.74) is 1.19. The molecular formula is C20H28Cl2N2O7. The second-order valence-corrected chi connectivity index (χ2v) is 8.52. The van der Waals surface area contributed by atoms with Crippen LogP contribution in [0.15, 0.2) is 18.2 Å². The van der Waals surface area contributed by atoms with E-state index in [0.29, 0.717) is 16.1 Å². The Bertz CT molecular complexity index is 702. The summed E-state index contributed by atoms with van der Waals surface area (Å²) in [5.74, 6) is -2.80. The lowest BCUT2D eigenvalue weighted by Crippen LogP contribution is -2.39. The van der Waals surface area contributed by atoms with Gasteiger partial charge in [0, 0.05) is 35.8 Å². The van der Waals surface area contributed by atoms with Crippen LogP contribution in [0.3, 0.4) is 0 Å². The van der Waals surface area contributed by atoms with Gasteiger partial charge in [-0.25, -0.2) is 9.59 Å². The Balaban J connectivity index is 0.000000291. The number of carbonyl (C=O) groups is 2. The van der Waals surface area contributed by atoms with Gasteiger partial charge in [-0.15, -0.1) is 0 Å². The summed E-state index contributed by atoms with van der Waals surface area (Å²) >= 11 is 12.3. The van der Waals surface area contributed by atoms with Gasteiger partial charge in [-0.05, 0) is 55.6 Å². The van der Waals surface area contributed by atoms with Crippen molar-refractivity contribution >= 4 is 35.1 Å². The van der Waals surface area contributed by atoms with Crippen molar-refractivity contribution in [3.8, 4) is 0 Å². The van der Waals surface area contributed by atoms with Gasteiger partial charge in [0.2, 0.25) is 0 Å². The minimum atomic E-state index is -2.27. The fourth-order valence-corrected chi connectivity index (χ4v) is 4.13. The zero-order valence-corrected chi connectivity index (χ0v) is 18.4. The van der Waals surface area contributed by atoms with Crippen molar-refractivity contribution in [2.45, 2.75) is 37.6 Å². The van der Waals surface area contributed by atoms with Crippen LogP contribution in [-0.4, -0.2) is 88.4 Å². The van der Waals surface area contributed by atoms with E-state index in [2.05, 4.69) is 10.2 Å². The molecule has 174 valence electrons. The second kappa shape index (κ2) is 12.5. The molecule has 3 rings (SSSR count). The van der Waals surface area contributed by atoms with Gasteiger partial charge in [-0.3, -0.25) is 4.90 Å². The number of rotatable bonds is 8. The van der Waals surface area contributed by atoms with E-state index in [1.807, 2.05) is 12.1 Å². The summed E-state index contributed by atoms with van der Waals surface area (Å²) in [5, 5.41) is 37.4. The first-order valence-electron chi connectivity index (χ1n) is 9.96. The van der Waals surface area contributed by atoms with Gasteiger partial charge < -0.3 is 30.5 Å². The van der Waals surface area contributed by atoms with Gasteiger partial charge in [-0.2, -0.15) is 0 Å². The molecular weight excluding hydrogens is 451 g/mol. The van der Waals surface area contributed by atoms with E-state index in [9.17, 15) is 9.59 Å². The Hall–Kier alpha value is -1.46. The van der Waals surface area contributed by atoms with Crippen molar-refractivity contribution in [2.75, 3.05) is 32.8 Å². The zero-order valence-electron chi connectivity index (χ0n) is 16.9. The van der Waals surface area contributed by atoms with Crippen LogP contribution in [0, 0.1) is 5.92 Å². The molecule has 1 aromatic rings. The number of aliphatic hydroxyl groups is 2. The Morgan fingerprint density at radius 2 is 1.71 bits per heavy atom. The van der Waals surface area contributed by atoms with Crippen LogP contribution in [0.5, 0.6) is 0 Å².